The van der Waals surface area contributed by atoms with Gasteiger partial charge in [0.2, 0.25) is 5.91 Å². The second-order valence-corrected chi connectivity index (χ2v) is 5.69. The monoisotopic (exact) mass is 307 g/mol. The number of halogens is 1. The summed E-state index contributed by atoms with van der Waals surface area (Å²) in [7, 11) is 1.40. The number of carbonyl (C=O) groups is 1. The number of hydrogen-bond donors (Lipinski definition) is 1. The van der Waals surface area contributed by atoms with Gasteiger partial charge < -0.3 is 14.7 Å². The van der Waals surface area contributed by atoms with Crippen molar-refractivity contribution in [1.82, 2.24) is 4.90 Å². The van der Waals surface area contributed by atoms with E-state index in [1.54, 1.807) is 23.1 Å². The van der Waals surface area contributed by atoms with Crippen LogP contribution in [0.25, 0.3) is 6.08 Å². The molecule has 5 heteroatoms. The smallest absolute Gasteiger partial charge is 0.246 e. The molecule has 1 heterocycles. The van der Waals surface area contributed by atoms with Gasteiger partial charge in [-0.25, -0.2) is 4.39 Å². The van der Waals surface area contributed by atoms with Crippen molar-refractivity contribution in [1.29, 1.82) is 0 Å². The number of likely N-dealkylation sites (tertiary alicyclic amines) is 1. The zero-order chi connectivity index (χ0) is 16.1. The topological polar surface area (TPSA) is 49.8 Å². The van der Waals surface area contributed by atoms with E-state index in [2.05, 4.69) is 0 Å². The van der Waals surface area contributed by atoms with Crippen LogP contribution in [0.1, 0.15) is 25.3 Å². The minimum Gasteiger partial charge on any atom is -0.494 e. The fraction of sp³-hybridized carbons (Fsp3) is 0.471. The molecule has 4 nitrogen and oxygen atoms in total. The third-order valence-electron chi connectivity index (χ3n) is 4.11. The molecular weight excluding hydrogens is 285 g/mol. The summed E-state index contributed by atoms with van der Waals surface area (Å²) in [5.41, 5.74) is 0.704. The summed E-state index contributed by atoms with van der Waals surface area (Å²) in [6.45, 7) is 2.70. The molecule has 0 aliphatic carbocycles. The van der Waals surface area contributed by atoms with Crippen LogP contribution in [-0.2, 0) is 4.79 Å². The zero-order valence-corrected chi connectivity index (χ0v) is 13.0. The van der Waals surface area contributed by atoms with E-state index >= 15 is 0 Å². The molecule has 2 unspecified atom stereocenters. The minimum absolute atomic E-state index is 0.0889. The Kier molecular flexibility index (Phi) is 5.55. The van der Waals surface area contributed by atoms with Crippen LogP contribution in [0.15, 0.2) is 24.3 Å². The molecule has 1 amide bonds. The van der Waals surface area contributed by atoms with Gasteiger partial charge in [-0.05, 0) is 49.5 Å². The van der Waals surface area contributed by atoms with E-state index in [-0.39, 0.29) is 30.2 Å². The Morgan fingerprint density at radius 3 is 2.95 bits per heavy atom. The number of aliphatic hydroxyl groups is 1. The van der Waals surface area contributed by atoms with Crippen molar-refractivity contribution in [2.75, 3.05) is 20.3 Å². The van der Waals surface area contributed by atoms with Gasteiger partial charge in [0, 0.05) is 25.3 Å². The van der Waals surface area contributed by atoms with Crippen molar-refractivity contribution in [3.63, 3.8) is 0 Å². The first-order chi connectivity index (χ1) is 10.5. The van der Waals surface area contributed by atoms with E-state index in [4.69, 9.17) is 4.74 Å². The van der Waals surface area contributed by atoms with E-state index in [0.29, 0.717) is 12.1 Å². The molecule has 2 atom stereocenters. The number of benzene rings is 1. The number of methoxy groups -OCH3 is 1. The summed E-state index contributed by atoms with van der Waals surface area (Å²) in [6, 6.07) is 4.63. The number of aliphatic hydroxyl groups excluding tert-OH is 1. The number of amides is 1. The van der Waals surface area contributed by atoms with E-state index in [1.807, 2.05) is 6.92 Å². The van der Waals surface area contributed by atoms with Crippen LogP contribution in [0.3, 0.4) is 0 Å². The lowest BCUT2D eigenvalue weighted by molar-refractivity contribution is -0.130. The Morgan fingerprint density at radius 1 is 1.50 bits per heavy atom. The molecule has 120 valence electrons. The normalized spacial score (nSPS) is 22.1. The van der Waals surface area contributed by atoms with E-state index < -0.39 is 5.82 Å². The average molecular weight is 307 g/mol. The standard InChI is InChI=1S/C17H22FNO3/c1-12-3-4-14(11-20)10-19(12)17(21)8-6-13-5-7-15(18)16(9-13)22-2/h5-9,12,14,20H,3-4,10-11H2,1-2H3/b8-6+. The molecule has 1 saturated heterocycles. The van der Waals surface area contributed by atoms with Gasteiger partial charge in [0.15, 0.2) is 11.6 Å². The maximum absolute atomic E-state index is 13.3. The highest BCUT2D eigenvalue weighted by Crippen LogP contribution is 2.22. The maximum atomic E-state index is 13.3. The third kappa shape index (κ3) is 3.85. The SMILES string of the molecule is COc1cc(/C=C/C(=O)N2CC(CO)CCC2C)ccc1F. The average Bonchev–Trinajstić information content (AvgIpc) is 2.54. The van der Waals surface area contributed by atoms with Crippen LogP contribution in [0, 0.1) is 11.7 Å². The molecule has 0 aromatic heterocycles. The number of nitrogens with zero attached hydrogens (tertiary/aromatic N) is 1. The highest BCUT2D eigenvalue weighted by Gasteiger charge is 2.27. The zero-order valence-electron chi connectivity index (χ0n) is 13.0. The molecule has 2 rings (SSSR count). The molecule has 1 fully saturated rings. The van der Waals surface area contributed by atoms with Crippen molar-refractivity contribution in [2.24, 2.45) is 5.92 Å². The van der Waals surface area contributed by atoms with Gasteiger partial charge in [-0.1, -0.05) is 6.07 Å². The first-order valence-electron chi connectivity index (χ1n) is 7.48. The fourth-order valence-electron chi connectivity index (χ4n) is 2.68. The number of carbonyl (C=O) groups excluding carboxylic acids is 1. The molecule has 1 aromatic rings. The predicted molar refractivity (Wildman–Crippen MR) is 83.0 cm³/mol. The largest absolute Gasteiger partial charge is 0.494 e. The predicted octanol–water partition coefficient (Wildman–Crippen LogP) is 2.47. The highest BCUT2D eigenvalue weighted by atomic mass is 19.1. The van der Waals surface area contributed by atoms with Crippen molar-refractivity contribution in [3.05, 3.63) is 35.7 Å². The van der Waals surface area contributed by atoms with Crippen LogP contribution in [0.5, 0.6) is 5.75 Å². The Bertz CT molecular complexity index is 559. The second kappa shape index (κ2) is 7.40. The molecule has 0 bridgehead atoms. The van der Waals surface area contributed by atoms with Gasteiger partial charge in [-0.15, -0.1) is 0 Å². The minimum atomic E-state index is -0.429. The third-order valence-corrected chi connectivity index (χ3v) is 4.11. The van der Waals surface area contributed by atoms with E-state index in [9.17, 15) is 14.3 Å². The van der Waals surface area contributed by atoms with Gasteiger partial charge in [0.1, 0.15) is 0 Å². The Labute approximate surface area is 130 Å². The molecule has 0 saturated carbocycles. The van der Waals surface area contributed by atoms with E-state index in [1.165, 1.54) is 19.3 Å². The summed E-state index contributed by atoms with van der Waals surface area (Å²) in [6.07, 6.45) is 4.98. The molecule has 0 spiro atoms. The first kappa shape index (κ1) is 16.5. The lowest BCUT2D eigenvalue weighted by Crippen LogP contribution is -2.45. The number of piperidine rings is 1. The molecule has 1 N–H and O–H groups in total. The van der Waals surface area contributed by atoms with Crippen molar-refractivity contribution in [2.45, 2.75) is 25.8 Å². The lowest BCUT2D eigenvalue weighted by atomic mass is 9.94. The van der Waals surface area contributed by atoms with E-state index in [0.717, 1.165) is 12.8 Å². The summed E-state index contributed by atoms with van der Waals surface area (Å²) in [5.74, 6) is -0.212. The van der Waals surface area contributed by atoms with Gasteiger partial charge in [-0.3, -0.25) is 4.79 Å². The van der Waals surface area contributed by atoms with Crippen molar-refractivity contribution in [3.8, 4) is 5.75 Å². The fourth-order valence-corrected chi connectivity index (χ4v) is 2.68. The van der Waals surface area contributed by atoms with Crippen LogP contribution in [0.2, 0.25) is 0 Å². The number of rotatable bonds is 4. The number of ether oxygens (including phenoxy) is 1. The highest BCUT2D eigenvalue weighted by molar-refractivity contribution is 5.92. The summed E-state index contributed by atoms with van der Waals surface area (Å²) >= 11 is 0. The summed E-state index contributed by atoms with van der Waals surface area (Å²) in [5, 5.41) is 9.26. The Balaban J connectivity index is 2.07. The molecular formula is C17H22FNO3. The second-order valence-electron chi connectivity index (χ2n) is 5.69. The van der Waals surface area contributed by atoms with Crippen LogP contribution in [-0.4, -0.2) is 42.2 Å². The van der Waals surface area contributed by atoms with Gasteiger partial charge in [0.25, 0.3) is 0 Å². The molecule has 1 aliphatic rings. The molecule has 22 heavy (non-hydrogen) atoms. The number of hydrogen-bond acceptors (Lipinski definition) is 3. The Hall–Kier alpha value is -1.88. The lowest BCUT2D eigenvalue weighted by Gasteiger charge is -2.36. The van der Waals surface area contributed by atoms with Gasteiger partial charge >= 0.3 is 0 Å². The molecule has 1 aromatic carbocycles. The van der Waals surface area contributed by atoms with Crippen LogP contribution in [0.4, 0.5) is 4.39 Å². The first-order valence-corrected chi connectivity index (χ1v) is 7.48. The molecule has 0 radical (unpaired) electrons. The summed E-state index contributed by atoms with van der Waals surface area (Å²) in [4.78, 5) is 14.1. The maximum Gasteiger partial charge on any atom is 0.246 e. The van der Waals surface area contributed by atoms with Gasteiger partial charge in [0.05, 0.1) is 7.11 Å². The molecule has 1 aliphatic heterocycles. The van der Waals surface area contributed by atoms with Crippen molar-refractivity contribution >= 4 is 12.0 Å². The van der Waals surface area contributed by atoms with Crippen molar-refractivity contribution < 1.29 is 19.0 Å². The van der Waals surface area contributed by atoms with Gasteiger partial charge in [-0.2, -0.15) is 0 Å². The quantitative estimate of drug-likeness (QED) is 0.869. The summed E-state index contributed by atoms with van der Waals surface area (Å²) < 4.78 is 18.3. The Morgan fingerprint density at radius 2 is 2.27 bits per heavy atom. The van der Waals surface area contributed by atoms with Crippen LogP contribution < -0.4 is 4.74 Å². The van der Waals surface area contributed by atoms with Crippen LogP contribution >= 0.6 is 0 Å².